The molecule has 138 valence electrons. The molecule has 1 aromatic rings. The molecular weight excluding hydrogens is 314 g/mol. The second-order valence-corrected chi connectivity index (χ2v) is 7.28. The molecule has 1 unspecified atom stereocenters. The van der Waals surface area contributed by atoms with Crippen molar-refractivity contribution in [2.45, 2.75) is 64.9 Å². The highest BCUT2D eigenvalue weighted by Gasteiger charge is 2.54. The van der Waals surface area contributed by atoms with Gasteiger partial charge in [-0.05, 0) is 25.3 Å². The molecule has 3 atom stereocenters. The van der Waals surface area contributed by atoms with Gasteiger partial charge < -0.3 is 5.11 Å². The molecule has 1 heterocycles. The van der Waals surface area contributed by atoms with Gasteiger partial charge in [0.25, 0.3) is 0 Å². The quantitative estimate of drug-likeness (QED) is 0.546. The highest BCUT2D eigenvalue weighted by molar-refractivity contribution is 6.05. The molecule has 2 rings (SSSR count). The number of aliphatic hydroxyl groups is 1. The van der Waals surface area contributed by atoms with Crippen LogP contribution in [0.4, 0.5) is 0 Å². The van der Waals surface area contributed by atoms with E-state index in [-0.39, 0.29) is 11.8 Å². The van der Waals surface area contributed by atoms with E-state index in [4.69, 9.17) is 0 Å². The van der Waals surface area contributed by atoms with Crippen molar-refractivity contribution < 1.29 is 14.7 Å². The van der Waals surface area contributed by atoms with Crippen LogP contribution >= 0.6 is 0 Å². The highest BCUT2D eigenvalue weighted by atomic mass is 16.3. The Morgan fingerprint density at radius 2 is 1.64 bits per heavy atom. The molecule has 1 aliphatic rings. The molecule has 4 nitrogen and oxygen atoms in total. The third-order valence-corrected chi connectivity index (χ3v) is 5.34. The molecule has 0 radical (unpaired) electrons. The lowest BCUT2D eigenvalue weighted by atomic mass is 9.75. The van der Waals surface area contributed by atoms with Crippen LogP contribution in [0.1, 0.15) is 64.9 Å². The fraction of sp³-hybridized carbons (Fsp3) is 0.619. The van der Waals surface area contributed by atoms with Crippen LogP contribution in [0.15, 0.2) is 30.3 Å². The number of carbonyl (C=O) groups excluding carboxylic acids is 2. The molecule has 0 aliphatic carbocycles. The van der Waals surface area contributed by atoms with Gasteiger partial charge >= 0.3 is 0 Å². The van der Waals surface area contributed by atoms with Crippen molar-refractivity contribution in [3.8, 4) is 0 Å². The first kappa shape index (κ1) is 19.6. The summed E-state index contributed by atoms with van der Waals surface area (Å²) >= 11 is 0. The van der Waals surface area contributed by atoms with Gasteiger partial charge in [-0.15, -0.1) is 0 Å². The summed E-state index contributed by atoms with van der Waals surface area (Å²) in [6, 6.07) is 9.25. The fourth-order valence-corrected chi connectivity index (χ4v) is 3.82. The van der Waals surface area contributed by atoms with Gasteiger partial charge in [0.1, 0.15) is 0 Å². The van der Waals surface area contributed by atoms with Crippen LogP contribution in [0.25, 0.3) is 0 Å². The normalized spacial score (nSPS) is 23.1. The zero-order valence-electron chi connectivity index (χ0n) is 15.7. The summed E-state index contributed by atoms with van der Waals surface area (Å²) in [6.45, 7) is 6.29. The lowest BCUT2D eigenvalue weighted by Gasteiger charge is -2.32. The van der Waals surface area contributed by atoms with E-state index in [9.17, 15) is 14.7 Å². The van der Waals surface area contributed by atoms with E-state index >= 15 is 0 Å². The van der Waals surface area contributed by atoms with Crippen LogP contribution in [-0.4, -0.2) is 28.4 Å². The Kier molecular flexibility index (Phi) is 6.77. The molecule has 0 saturated carbocycles. The second kappa shape index (κ2) is 8.61. The number of hydrogen-bond acceptors (Lipinski definition) is 3. The van der Waals surface area contributed by atoms with Crippen molar-refractivity contribution >= 4 is 11.8 Å². The maximum Gasteiger partial charge on any atom is 0.236 e. The summed E-state index contributed by atoms with van der Waals surface area (Å²) < 4.78 is 0. The van der Waals surface area contributed by atoms with E-state index in [1.165, 1.54) is 4.90 Å². The van der Waals surface area contributed by atoms with Crippen LogP contribution in [0, 0.1) is 11.8 Å². The van der Waals surface area contributed by atoms with Crippen LogP contribution in [0.2, 0.25) is 0 Å². The molecule has 1 N–H and O–H groups in total. The van der Waals surface area contributed by atoms with Crippen molar-refractivity contribution in [2.75, 3.05) is 6.54 Å². The number of likely N-dealkylation sites (tertiary alicyclic amines) is 1. The first-order valence-corrected chi connectivity index (χ1v) is 9.58. The average Bonchev–Trinajstić information content (AvgIpc) is 2.85. The Labute approximate surface area is 151 Å². The predicted octanol–water partition coefficient (Wildman–Crippen LogP) is 3.88. The lowest BCUT2D eigenvalue weighted by Crippen LogP contribution is -2.40. The van der Waals surface area contributed by atoms with Crippen molar-refractivity contribution in [3.05, 3.63) is 35.9 Å². The van der Waals surface area contributed by atoms with Gasteiger partial charge in [0.05, 0.1) is 17.4 Å². The van der Waals surface area contributed by atoms with Crippen molar-refractivity contribution in [2.24, 2.45) is 11.8 Å². The van der Waals surface area contributed by atoms with E-state index in [2.05, 4.69) is 6.92 Å². The largest absolute Gasteiger partial charge is 0.385 e. The Morgan fingerprint density at radius 3 is 2.24 bits per heavy atom. The van der Waals surface area contributed by atoms with E-state index in [1.807, 2.05) is 37.3 Å². The van der Waals surface area contributed by atoms with E-state index in [0.29, 0.717) is 18.5 Å². The predicted molar refractivity (Wildman–Crippen MR) is 98.8 cm³/mol. The first-order valence-electron chi connectivity index (χ1n) is 9.58. The molecule has 2 amide bonds. The van der Waals surface area contributed by atoms with Gasteiger partial charge in [-0.3, -0.25) is 14.5 Å². The third-order valence-electron chi connectivity index (χ3n) is 5.34. The van der Waals surface area contributed by atoms with E-state index < -0.39 is 17.4 Å². The molecule has 1 fully saturated rings. The lowest BCUT2D eigenvalue weighted by molar-refractivity contribution is -0.142. The number of unbranched alkanes of at least 4 members (excludes halogenated alkanes) is 3. The van der Waals surface area contributed by atoms with Crippen LogP contribution in [-0.2, 0) is 15.2 Å². The molecule has 1 saturated heterocycles. The Hall–Kier alpha value is -1.68. The second-order valence-electron chi connectivity index (χ2n) is 7.28. The monoisotopic (exact) mass is 345 g/mol. The summed E-state index contributed by atoms with van der Waals surface area (Å²) in [5.74, 6) is -1.44. The zero-order chi connectivity index (χ0) is 18.4. The molecule has 1 aliphatic heterocycles. The van der Waals surface area contributed by atoms with Gasteiger partial charge in [-0.1, -0.05) is 69.9 Å². The van der Waals surface area contributed by atoms with Crippen LogP contribution in [0.5, 0.6) is 0 Å². The van der Waals surface area contributed by atoms with Crippen LogP contribution < -0.4 is 0 Å². The SMILES string of the molecule is CCCCC[C@@H]1C(=O)N(CCCC)C(=O)[C@H]1C(C)(O)c1ccccc1. The standard InChI is InChI=1S/C21H31NO3/c1-4-6-9-14-17-18(20(24)22(19(17)23)15-7-5-2)21(3,25)16-12-10-8-11-13-16/h8,10-13,17-18,25H,4-7,9,14-15H2,1-3H3/t17-,18-,21?/m0/s1. The topological polar surface area (TPSA) is 57.6 Å². The van der Waals surface area contributed by atoms with E-state index in [1.54, 1.807) is 6.92 Å². The number of hydrogen-bond donors (Lipinski definition) is 1. The van der Waals surface area contributed by atoms with Gasteiger partial charge in [-0.25, -0.2) is 0 Å². The first-order chi connectivity index (χ1) is 11.9. The summed E-state index contributed by atoms with van der Waals surface area (Å²) in [7, 11) is 0. The summed E-state index contributed by atoms with van der Waals surface area (Å²) in [5, 5.41) is 11.2. The average molecular weight is 345 g/mol. The number of amides is 2. The summed E-state index contributed by atoms with van der Waals surface area (Å²) in [4.78, 5) is 27.3. The molecule has 4 heteroatoms. The van der Waals surface area contributed by atoms with E-state index in [0.717, 1.165) is 32.1 Å². The molecule has 25 heavy (non-hydrogen) atoms. The molecule has 1 aromatic carbocycles. The van der Waals surface area contributed by atoms with Gasteiger partial charge in [0.2, 0.25) is 11.8 Å². The fourth-order valence-electron chi connectivity index (χ4n) is 3.82. The minimum absolute atomic E-state index is 0.101. The Balaban J connectivity index is 2.32. The zero-order valence-corrected chi connectivity index (χ0v) is 15.7. The minimum Gasteiger partial charge on any atom is -0.385 e. The summed E-state index contributed by atoms with van der Waals surface area (Å²) in [5.41, 5.74) is -0.648. The number of carbonyl (C=O) groups is 2. The summed E-state index contributed by atoms with van der Waals surface area (Å²) in [6.07, 6.45) is 5.40. The number of nitrogens with zero attached hydrogens (tertiary/aromatic N) is 1. The molecular formula is C21H31NO3. The number of rotatable bonds is 9. The van der Waals surface area contributed by atoms with Crippen LogP contribution in [0.3, 0.4) is 0 Å². The maximum absolute atomic E-state index is 13.0. The number of imide groups is 1. The van der Waals surface area contributed by atoms with Gasteiger partial charge in [0, 0.05) is 6.54 Å². The minimum atomic E-state index is -1.34. The van der Waals surface area contributed by atoms with Gasteiger partial charge in [-0.2, -0.15) is 0 Å². The smallest absolute Gasteiger partial charge is 0.236 e. The van der Waals surface area contributed by atoms with Crippen molar-refractivity contribution in [3.63, 3.8) is 0 Å². The highest BCUT2D eigenvalue weighted by Crippen LogP contribution is 2.42. The third kappa shape index (κ3) is 4.12. The maximum atomic E-state index is 13.0. The molecule has 0 spiro atoms. The Bertz CT molecular complexity index is 582. The molecule has 0 bridgehead atoms. The number of benzene rings is 1. The van der Waals surface area contributed by atoms with Crippen molar-refractivity contribution in [1.82, 2.24) is 4.90 Å². The van der Waals surface area contributed by atoms with Crippen molar-refractivity contribution in [1.29, 1.82) is 0 Å². The Morgan fingerprint density at radius 1 is 1.00 bits per heavy atom. The molecule has 0 aromatic heterocycles. The van der Waals surface area contributed by atoms with Gasteiger partial charge in [0.15, 0.2) is 0 Å².